The van der Waals surface area contributed by atoms with E-state index in [9.17, 15) is 9.18 Å². The van der Waals surface area contributed by atoms with Gasteiger partial charge in [0, 0.05) is 56.5 Å². The fourth-order valence-corrected chi connectivity index (χ4v) is 3.66. The lowest BCUT2D eigenvalue weighted by Crippen LogP contribution is -2.48. The van der Waals surface area contributed by atoms with Gasteiger partial charge in [-0.15, -0.1) is 0 Å². The molecule has 1 aliphatic rings. The zero-order chi connectivity index (χ0) is 19.3. The molecule has 0 radical (unpaired) electrons. The average molecular weight is 378 g/mol. The van der Waals surface area contributed by atoms with E-state index in [1.54, 1.807) is 24.4 Å². The number of rotatable bonds is 6. The molecule has 0 bridgehead atoms. The number of carbonyl (C=O) groups excluding carboxylic acids is 1. The van der Waals surface area contributed by atoms with Gasteiger partial charge in [0.2, 0.25) is 5.91 Å². The predicted molar refractivity (Wildman–Crippen MR) is 105 cm³/mol. The van der Waals surface area contributed by atoms with Gasteiger partial charge in [0.15, 0.2) is 0 Å². The molecule has 0 saturated heterocycles. The summed E-state index contributed by atoms with van der Waals surface area (Å²) in [6.07, 6.45) is 5.77. The van der Waals surface area contributed by atoms with Gasteiger partial charge in [0.05, 0.1) is 6.42 Å². The summed E-state index contributed by atoms with van der Waals surface area (Å²) in [5.74, 6) is -0.504. The molecule has 1 aromatic carbocycles. The molecule has 0 saturated carbocycles. The number of amides is 1. The quantitative estimate of drug-likeness (QED) is 0.718. The monoisotopic (exact) mass is 378 g/mol. The van der Waals surface area contributed by atoms with Gasteiger partial charge in [-0.25, -0.2) is 4.39 Å². The molecule has 3 aromatic rings. The van der Waals surface area contributed by atoms with Gasteiger partial charge in [-0.2, -0.15) is 0 Å². The van der Waals surface area contributed by atoms with Gasteiger partial charge >= 0.3 is 0 Å². The van der Waals surface area contributed by atoms with Crippen molar-refractivity contribution in [3.63, 3.8) is 0 Å². The summed E-state index contributed by atoms with van der Waals surface area (Å²) in [7, 11) is 0. The maximum atomic E-state index is 13.8. The number of nitrogens with one attached hydrogen (secondary N) is 1. The van der Waals surface area contributed by atoms with Crippen LogP contribution >= 0.6 is 0 Å². The van der Waals surface area contributed by atoms with E-state index in [1.807, 2.05) is 12.3 Å². The number of hydrogen-bond donors (Lipinski definition) is 1. The molecule has 1 atom stereocenters. The maximum absolute atomic E-state index is 13.8. The van der Waals surface area contributed by atoms with Gasteiger partial charge in [-0.1, -0.05) is 24.3 Å². The van der Waals surface area contributed by atoms with Crippen molar-refractivity contribution >= 4 is 5.91 Å². The number of halogens is 1. The summed E-state index contributed by atoms with van der Waals surface area (Å²) in [5, 5.41) is 2.99. The third-order valence-electron chi connectivity index (χ3n) is 5.16. The molecule has 28 heavy (non-hydrogen) atoms. The second-order valence-electron chi connectivity index (χ2n) is 7.14. The Morgan fingerprint density at radius 3 is 2.89 bits per heavy atom. The molecule has 1 aliphatic heterocycles. The van der Waals surface area contributed by atoms with E-state index in [4.69, 9.17) is 0 Å². The number of nitrogens with zero attached hydrogens (tertiary/aromatic N) is 3. The van der Waals surface area contributed by atoms with Gasteiger partial charge in [-0.3, -0.25) is 14.7 Å². The normalized spacial score (nSPS) is 16.5. The molecule has 0 spiro atoms. The standard InChI is InChI=1S/C22H23FN4O/c23-21-8-2-1-6-18(21)11-22(28)25-13-20-16-26-10-4-7-19(26)15-27(20)14-17-5-3-9-24-12-17/h1-10,12,20H,11,13-16H2,(H,25,28). The van der Waals surface area contributed by atoms with Crippen molar-refractivity contribution in [3.8, 4) is 0 Å². The molecule has 0 fully saturated rings. The number of benzene rings is 1. The van der Waals surface area contributed by atoms with Crippen LogP contribution in [-0.2, 0) is 30.8 Å². The summed E-state index contributed by atoms with van der Waals surface area (Å²) in [5.41, 5.74) is 2.83. The molecule has 0 aliphatic carbocycles. The van der Waals surface area contributed by atoms with E-state index >= 15 is 0 Å². The van der Waals surface area contributed by atoms with Gasteiger partial charge in [0.1, 0.15) is 5.82 Å². The number of carbonyl (C=O) groups is 1. The zero-order valence-corrected chi connectivity index (χ0v) is 15.6. The fraction of sp³-hybridized carbons (Fsp3) is 0.273. The largest absolute Gasteiger partial charge is 0.354 e. The molecule has 1 unspecified atom stereocenters. The Hall–Kier alpha value is -2.99. The third kappa shape index (κ3) is 4.28. The molecule has 4 rings (SSSR count). The van der Waals surface area contributed by atoms with Crippen LogP contribution < -0.4 is 5.32 Å². The topological polar surface area (TPSA) is 50.2 Å². The first-order chi connectivity index (χ1) is 13.7. The molecule has 144 valence electrons. The molecular weight excluding hydrogens is 355 g/mol. The van der Waals surface area contributed by atoms with E-state index in [0.717, 1.165) is 25.2 Å². The van der Waals surface area contributed by atoms with E-state index in [0.29, 0.717) is 12.1 Å². The number of fused-ring (bicyclic) bond motifs is 1. The van der Waals surface area contributed by atoms with Crippen LogP contribution in [0.25, 0.3) is 0 Å². The van der Waals surface area contributed by atoms with Crippen LogP contribution in [0.5, 0.6) is 0 Å². The summed E-state index contributed by atoms with van der Waals surface area (Å²) in [6.45, 7) is 2.91. The Labute approximate surface area is 163 Å². The summed E-state index contributed by atoms with van der Waals surface area (Å²) in [4.78, 5) is 18.9. The number of pyridine rings is 1. The van der Waals surface area contributed by atoms with E-state index in [-0.39, 0.29) is 24.2 Å². The Balaban J connectivity index is 1.42. The Morgan fingerprint density at radius 1 is 1.18 bits per heavy atom. The minimum Gasteiger partial charge on any atom is -0.354 e. The molecule has 2 aromatic heterocycles. The van der Waals surface area contributed by atoms with Crippen molar-refractivity contribution < 1.29 is 9.18 Å². The Bertz CT molecular complexity index is 940. The lowest BCUT2D eigenvalue weighted by molar-refractivity contribution is -0.120. The smallest absolute Gasteiger partial charge is 0.224 e. The lowest BCUT2D eigenvalue weighted by Gasteiger charge is -2.37. The first kappa shape index (κ1) is 18.4. The number of hydrogen-bond acceptors (Lipinski definition) is 3. The highest BCUT2D eigenvalue weighted by Gasteiger charge is 2.26. The average Bonchev–Trinajstić information content (AvgIpc) is 3.16. The first-order valence-corrected chi connectivity index (χ1v) is 9.46. The van der Waals surface area contributed by atoms with Crippen molar-refractivity contribution in [1.82, 2.24) is 19.8 Å². The summed E-state index contributed by atoms with van der Waals surface area (Å²) in [6, 6.07) is 14.7. The predicted octanol–water partition coefficient (Wildman–Crippen LogP) is 2.77. The van der Waals surface area contributed by atoms with Crippen LogP contribution in [0.1, 0.15) is 16.8 Å². The fourth-order valence-electron chi connectivity index (χ4n) is 3.66. The highest BCUT2D eigenvalue weighted by atomic mass is 19.1. The second kappa shape index (κ2) is 8.35. The van der Waals surface area contributed by atoms with Crippen LogP contribution in [0.4, 0.5) is 4.39 Å². The third-order valence-corrected chi connectivity index (χ3v) is 5.16. The minimum atomic E-state index is -0.342. The van der Waals surface area contributed by atoms with Gasteiger partial charge in [-0.05, 0) is 35.4 Å². The summed E-state index contributed by atoms with van der Waals surface area (Å²) < 4.78 is 16.0. The maximum Gasteiger partial charge on any atom is 0.224 e. The van der Waals surface area contributed by atoms with E-state index in [2.05, 4.69) is 44.2 Å². The zero-order valence-electron chi connectivity index (χ0n) is 15.6. The molecular formula is C22H23FN4O. The van der Waals surface area contributed by atoms with Crippen molar-refractivity contribution in [3.05, 3.63) is 89.8 Å². The molecule has 6 heteroatoms. The lowest BCUT2D eigenvalue weighted by atomic mass is 10.1. The second-order valence-corrected chi connectivity index (χ2v) is 7.14. The first-order valence-electron chi connectivity index (χ1n) is 9.46. The molecule has 5 nitrogen and oxygen atoms in total. The highest BCUT2D eigenvalue weighted by molar-refractivity contribution is 5.78. The van der Waals surface area contributed by atoms with Crippen molar-refractivity contribution in [2.75, 3.05) is 6.54 Å². The van der Waals surface area contributed by atoms with Crippen LogP contribution in [0, 0.1) is 5.82 Å². The highest BCUT2D eigenvalue weighted by Crippen LogP contribution is 2.20. The van der Waals surface area contributed by atoms with Crippen molar-refractivity contribution in [1.29, 1.82) is 0 Å². The molecule has 1 amide bonds. The van der Waals surface area contributed by atoms with Crippen molar-refractivity contribution in [2.24, 2.45) is 0 Å². The van der Waals surface area contributed by atoms with E-state index in [1.165, 1.54) is 11.8 Å². The Kier molecular flexibility index (Phi) is 5.48. The van der Waals surface area contributed by atoms with Crippen molar-refractivity contribution in [2.45, 2.75) is 32.1 Å². The van der Waals surface area contributed by atoms with Gasteiger partial charge in [0.25, 0.3) is 0 Å². The molecule has 3 heterocycles. The van der Waals surface area contributed by atoms with Crippen LogP contribution in [0.2, 0.25) is 0 Å². The summed E-state index contributed by atoms with van der Waals surface area (Å²) >= 11 is 0. The minimum absolute atomic E-state index is 0.0523. The van der Waals surface area contributed by atoms with Crippen LogP contribution in [0.3, 0.4) is 0 Å². The SMILES string of the molecule is O=C(Cc1ccccc1F)NCC1Cn2cccc2CN1Cc1cccnc1. The van der Waals surface area contributed by atoms with Crippen LogP contribution in [-0.4, -0.2) is 32.9 Å². The Morgan fingerprint density at radius 2 is 2.07 bits per heavy atom. The van der Waals surface area contributed by atoms with Gasteiger partial charge < -0.3 is 9.88 Å². The van der Waals surface area contributed by atoms with Crippen LogP contribution in [0.15, 0.2) is 67.1 Å². The van der Waals surface area contributed by atoms with E-state index < -0.39 is 0 Å². The molecule has 1 N–H and O–H groups in total. The number of aromatic nitrogens is 2.